The van der Waals surface area contributed by atoms with Gasteiger partial charge in [0.2, 0.25) is 0 Å². The van der Waals surface area contributed by atoms with Crippen LogP contribution < -0.4 is 0 Å². The summed E-state index contributed by atoms with van der Waals surface area (Å²) in [6, 6.07) is 0. The summed E-state index contributed by atoms with van der Waals surface area (Å²) >= 11 is 1.54. The number of amides is 1. The number of thiophene rings is 1. The summed E-state index contributed by atoms with van der Waals surface area (Å²) < 4.78 is 0. The number of aryl methyl sites for hydroxylation is 1. The molecule has 14 heavy (non-hydrogen) atoms. The third-order valence-electron chi connectivity index (χ3n) is 2.54. The Bertz CT molecular complexity index is 348. The molecule has 0 radical (unpaired) electrons. The van der Waals surface area contributed by atoms with Crippen molar-refractivity contribution in [2.45, 2.75) is 19.4 Å². The van der Waals surface area contributed by atoms with Crippen LogP contribution in [0.1, 0.15) is 22.3 Å². The van der Waals surface area contributed by atoms with Crippen molar-refractivity contribution >= 4 is 17.2 Å². The van der Waals surface area contributed by atoms with Gasteiger partial charge in [-0.05, 0) is 24.3 Å². The van der Waals surface area contributed by atoms with Crippen molar-refractivity contribution in [3.8, 4) is 0 Å². The van der Waals surface area contributed by atoms with E-state index >= 15 is 0 Å². The predicted octanol–water partition coefficient (Wildman–Crippen LogP) is 1.26. The van der Waals surface area contributed by atoms with Crippen LogP contribution in [0.2, 0.25) is 0 Å². The number of carbonyl (C=O) groups excluding carboxylic acids is 1. The second kappa shape index (κ2) is 3.71. The highest BCUT2D eigenvalue weighted by Crippen LogP contribution is 2.19. The standard InChI is InChI=1S/C10H13NO2S/c1-7-5-14-6-9(7)10(13)11-3-2-8(12)4-11/h5-6,8,12H,2-4H2,1H3/t8-/m1/s1. The first-order chi connectivity index (χ1) is 6.68. The SMILES string of the molecule is Cc1cscc1C(=O)N1CC[C@@H](O)C1. The molecule has 1 aliphatic heterocycles. The van der Waals surface area contributed by atoms with Gasteiger partial charge in [0.15, 0.2) is 0 Å². The van der Waals surface area contributed by atoms with Crippen LogP contribution in [0.15, 0.2) is 10.8 Å². The van der Waals surface area contributed by atoms with E-state index in [4.69, 9.17) is 0 Å². The van der Waals surface area contributed by atoms with Crippen LogP contribution in [-0.4, -0.2) is 35.1 Å². The Balaban J connectivity index is 2.13. The van der Waals surface area contributed by atoms with Gasteiger partial charge in [-0.25, -0.2) is 0 Å². The average Bonchev–Trinajstić information content (AvgIpc) is 2.73. The van der Waals surface area contributed by atoms with Gasteiger partial charge in [0.05, 0.1) is 11.7 Å². The molecule has 3 nitrogen and oxygen atoms in total. The summed E-state index contributed by atoms with van der Waals surface area (Å²) in [4.78, 5) is 13.6. The molecule has 0 saturated carbocycles. The molecule has 4 heteroatoms. The van der Waals surface area contributed by atoms with E-state index < -0.39 is 0 Å². The Morgan fingerprint density at radius 3 is 2.93 bits per heavy atom. The molecule has 1 atom stereocenters. The normalized spacial score (nSPS) is 21.6. The fourth-order valence-corrected chi connectivity index (χ4v) is 2.50. The van der Waals surface area contributed by atoms with E-state index in [0.717, 1.165) is 11.1 Å². The number of aliphatic hydroxyl groups is 1. The highest BCUT2D eigenvalue weighted by atomic mass is 32.1. The van der Waals surface area contributed by atoms with Gasteiger partial charge in [-0.2, -0.15) is 11.3 Å². The van der Waals surface area contributed by atoms with E-state index in [1.807, 2.05) is 17.7 Å². The Morgan fingerprint density at radius 1 is 1.64 bits per heavy atom. The van der Waals surface area contributed by atoms with Crippen LogP contribution in [0.5, 0.6) is 0 Å². The maximum atomic E-state index is 11.9. The highest BCUT2D eigenvalue weighted by Gasteiger charge is 2.26. The highest BCUT2D eigenvalue weighted by molar-refractivity contribution is 7.08. The van der Waals surface area contributed by atoms with E-state index in [9.17, 15) is 9.90 Å². The molecule has 1 aromatic heterocycles. The maximum Gasteiger partial charge on any atom is 0.255 e. The minimum Gasteiger partial charge on any atom is -0.391 e. The molecule has 2 rings (SSSR count). The van der Waals surface area contributed by atoms with Gasteiger partial charge >= 0.3 is 0 Å². The van der Waals surface area contributed by atoms with Crippen molar-refractivity contribution in [3.63, 3.8) is 0 Å². The van der Waals surface area contributed by atoms with Crippen LogP contribution in [0.25, 0.3) is 0 Å². The molecule has 1 aliphatic rings. The number of hydrogen-bond donors (Lipinski definition) is 1. The summed E-state index contributed by atoms with van der Waals surface area (Å²) in [5.74, 6) is 0.0558. The van der Waals surface area contributed by atoms with Crippen LogP contribution in [0, 0.1) is 6.92 Å². The number of β-amino-alcohol motifs (C(OH)–C–C–N with tert-alkyl or cyclic N) is 1. The Morgan fingerprint density at radius 2 is 2.43 bits per heavy atom. The van der Waals surface area contributed by atoms with Crippen molar-refractivity contribution in [3.05, 3.63) is 21.9 Å². The largest absolute Gasteiger partial charge is 0.391 e. The molecule has 76 valence electrons. The Hall–Kier alpha value is -0.870. The first-order valence-electron chi connectivity index (χ1n) is 4.68. The van der Waals surface area contributed by atoms with Crippen molar-refractivity contribution in [2.24, 2.45) is 0 Å². The molecule has 0 aromatic carbocycles. The molecule has 1 N–H and O–H groups in total. The number of likely N-dealkylation sites (tertiary alicyclic amines) is 1. The number of rotatable bonds is 1. The monoisotopic (exact) mass is 211 g/mol. The van der Waals surface area contributed by atoms with Gasteiger partial charge in [-0.3, -0.25) is 4.79 Å². The van der Waals surface area contributed by atoms with Crippen LogP contribution in [-0.2, 0) is 0 Å². The van der Waals surface area contributed by atoms with Gasteiger partial charge < -0.3 is 10.0 Å². The van der Waals surface area contributed by atoms with Gasteiger partial charge in [-0.1, -0.05) is 0 Å². The van der Waals surface area contributed by atoms with Gasteiger partial charge in [0.1, 0.15) is 0 Å². The molecule has 1 saturated heterocycles. The van der Waals surface area contributed by atoms with E-state index in [1.54, 1.807) is 16.2 Å². The van der Waals surface area contributed by atoms with Crippen molar-refractivity contribution < 1.29 is 9.90 Å². The van der Waals surface area contributed by atoms with Crippen LogP contribution >= 0.6 is 11.3 Å². The molecular formula is C10H13NO2S. The zero-order valence-corrected chi connectivity index (χ0v) is 8.88. The number of carbonyl (C=O) groups is 1. The molecule has 1 amide bonds. The fourth-order valence-electron chi connectivity index (χ4n) is 1.68. The number of hydrogen-bond acceptors (Lipinski definition) is 3. The Labute approximate surface area is 87.0 Å². The average molecular weight is 211 g/mol. The van der Waals surface area contributed by atoms with E-state index in [0.29, 0.717) is 19.5 Å². The van der Waals surface area contributed by atoms with Crippen molar-refractivity contribution in [1.29, 1.82) is 0 Å². The zero-order valence-electron chi connectivity index (χ0n) is 8.06. The summed E-state index contributed by atoms with van der Waals surface area (Å²) in [5, 5.41) is 13.2. The minimum absolute atomic E-state index is 0.0558. The van der Waals surface area contributed by atoms with Crippen LogP contribution in [0.3, 0.4) is 0 Å². The summed E-state index contributed by atoms with van der Waals surface area (Å²) in [6.45, 7) is 3.10. The lowest BCUT2D eigenvalue weighted by molar-refractivity contribution is 0.0765. The van der Waals surface area contributed by atoms with Crippen molar-refractivity contribution in [2.75, 3.05) is 13.1 Å². The predicted molar refractivity (Wildman–Crippen MR) is 55.6 cm³/mol. The van der Waals surface area contributed by atoms with Gasteiger partial charge in [-0.15, -0.1) is 0 Å². The van der Waals surface area contributed by atoms with E-state index in [2.05, 4.69) is 0 Å². The fraction of sp³-hybridized carbons (Fsp3) is 0.500. The van der Waals surface area contributed by atoms with Gasteiger partial charge in [0.25, 0.3) is 5.91 Å². The third-order valence-corrected chi connectivity index (χ3v) is 3.40. The quantitative estimate of drug-likeness (QED) is 0.759. The van der Waals surface area contributed by atoms with Crippen LogP contribution in [0.4, 0.5) is 0 Å². The van der Waals surface area contributed by atoms with E-state index in [-0.39, 0.29) is 12.0 Å². The van der Waals surface area contributed by atoms with Crippen molar-refractivity contribution in [1.82, 2.24) is 4.90 Å². The molecular weight excluding hydrogens is 198 g/mol. The zero-order chi connectivity index (χ0) is 10.1. The first kappa shape index (κ1) is 9.68. The third kappa shape index (κ3) is 1.67. The van der Waals surface area contributed by atoms with Gasteiger partial charge in [0, 0.05) is 18.5 Å². The molecule has 2 heterocycles. The maximum absolute atomic E-state index is 11.9. The Kier molecular flexibility index (Phi) is 2.56. The lowest BCUT2D eigenvalue weighted by Gasteiger charge is -2.14. The topological polar surface area (TPSA) is 40.5 Å². The van der Waals surface area contributed by atoms with E-state index in [1.165, 1.54) is 0 Å². The first-order valence-corrected chi connectivity index (χ1v) is 5.63. The summed E-state index contributed by atoms with van der Waals surface area (Å²) in [6.07, 6.45) is 0.368. The molecule has 1 aromatic rings. The summed E-state index contributed by atoms with van der Waals surface area (Å²) in [5.41, 5.74) is 1.81. The lowest BCUT2D eigenvalue weighted by Crippen LogP contribution is -2.29. The molecule has 0 bridgehead atoms. The molecule has 1 fully saturated rings. The lowest BCUT2D eigenvalue weighted by atomic mass is 10.2. The molecule has 0 spiro atoms. The number of aliphatic hydroxyl groups excluding tert-OH is 1. The molecule has 0 unspecified atom stereocenters. The summed E-state index contributed by atoms with van der Waals surface area (Å²) in [7, 11) is 0. The second-order valence-electron chi connectivity index (χ2n) is 3.66. The second-order valence-corrected chi connectivity index (χ2v) is 4.41. The molecule has 0 aliphatic carbocycles. The number of nitrogens with zero attached hydrogens (tertiary/aromatic N) is 1. The minimum atomic E-state index is -0.335. The smallest absolute Gasteiger partial charge is 0.255 e.